The molecule has 1 aliphatic carbocycles. The van der Waals surface area contributed by atoms with Gasteiger partial charge in [-0.2, -0.15) is 0 Å². The van der Waals surface area contributed by atoms with Crippen LogP contribution in [0, 0.1) is 5.92 Å². The van der Waals surface area contributed by atoms with E-state index in [1.165, 1.54) is 16.5 Å². The molecule has 62 valence electrons. The van der Waals surface area contributed by atoms with Gasteiger partial charge in [0.15, 0.2) is 0 Å². The van der Waals surface area contributed by atoms with Gasteiger partial charge >= 0.3 is 0 Å². The van der Waals surface area contributed by atoms with E-state index in [9.17, 15) is 0 Å². The summed E-state index contributed by atoms with van der Waals surface area (Å²) < 4.78 is 1.24. The molecule has 0 aromatic heterocycles. The van der Waals surface area contributed by atoms with Crippen molar-refractivity contribution in [2.75, 3.05) is 0 Å². The van der Waals surface area contributed by atoms with Crippen molar-refractivity contribution in [1.29, 1.82) is 0 Å². The molecule has 0 spiro atoms. The normalized spacial score (nSPS) is 26.8. The lowest BCUT2D eigenvalue weighted by Gasteiger charge is -2.00. The zero-order valence-electron chi connectivity index (χ0n) is 6.83. The van der Waals surface area contributed by atoms with Crippen molar-refractivity contribution in [3.63, 3.8) is 0 Å². The molecule has 0 aliphatic heterocycles. The summed E-state index contributed by atoms with van der Waals surface area (Å²) in [6, 6.07) is 8.45. The van der Waals surface area contributed by atoms with Crippen LogP contribution in [-0.2, 0) is 0 Å². The molecule has 2 atom stereocenters. The van der Waals surface area contributed by atoms with Crippen molar-refractivity contribution in [2.45, 2.75) is 12.3 Å². The second kappa shape index (κ2) is 3.06. The summed E-state index contributed by atoms with van der Waals surface area (Å²) in [4.78, 5) is 0. The molecule has 0 amide bonds. The van der Waals surface area contributed by atoms with Crippen LogP contribution in [0.2, 0.25) is 0 Å². The van der Waals surface area contributed by atoms with Crippen LogP contribution in [0.25, 0.3) is 0 Å². The Hall–Kier alpha value is -0.560. The average Bonchev–Trinajstić information content (AvgIpc) is 2.84. The Bertz CT molecular complexity index is 304. The third kappa shape index (κ3) is 1.34. The molecule has 1 fully saturated rings. The third-order valence-corrected chi connectivity index (χ3v) is 3.17. The van der Waals surface area contributed by atoms with E-state index in [-0.39, 0.29) is 0 Å². The lowest BCUT2D eigenvalue weighted by Crippen LogP contribution is -1.82. The van der Waals surface area contributed by atoms with Crippen LogP contribution in [0.4, 0.5) is 0 Å². The van der Waals surface area contributed by atoms with E-state index >= 15 is 0 Å². The standard InChI is InChI=1S/C11H11Br/c1-2-8-7-10(8)9-5-3-4-6-11(9)12/h2-6,8,10H,1,7H2/t8-,10-/m0/s1. The van der Waals surface area contributed by atoms with Crippen molar-refractivity contribution in [2.24, 2.45) is 5.92 Å². The molecule has 0 saturated heterocycles. The zero-order valence-corrected chi connectivity index (χ0v) is 8.42. The number of allylic oxidation sites excluding steroid dienone is 1. The minimum atomic E-state index is 0.712. The molecule has 12 heavy (non-hydrogen) atoms. The van der Waals surface area contributed by atoms with E-state index in [0.717, 1.165) is 5.92 Å². The van der Waals surface area contributed by atoms with E-state index in [4.69, 9.17) is 0 Å². The largest absolute Gasteiger partial charge is 0.103 e. The predicted octanol–water partition coefficient (Wildman–Crippen LogP) is 3.74. The molecule has 1 aliphatic rings. The van der Waals surface area contributed by atoms with Crippen molar-refractivity contribution in [3.05, 3.63) is 47.0 Å². The van der Waals surface area contributed by atoms with E-state index in [1.54, 1.807) is 0 Å². The molecule has 2 rings (SSSR count). The van der Waals surface area contributed by atoms with Crippen molar-refractivity contribution >= 4 is 15.9 Å². The van der Waals surface area contributed by atoms with Crippen molar-refractivity contribution in [1.82, 2.24) is 0 Å². The lowest BCUT2D eigenvalue weighted by molar-refractivity contribution is 1.01. The Kier molecular flexibility index (Phi) is 2.05. The minimum absolute atomic E-state index is 0.712. The maximum atomic E-state index is 3.81. The van der Waals surface area contributed by atoms with Crippen LogP contribution >= 0.6 is 15.9 Å². The fourth-order valence-corrected chi connectivity index (χ4v) is 2.19. The Morgan fingerprint density at radius 1 is 1.42 bits per heavy atom. The Morgan fingerprint density at radius 3 is 2.75 bits per heavy atom. The minimum Gasteiger partial charge on any atom is -0.103 e. The van der Waals surface area contributed by atoms with Gasteiger partial charge in [-0.15, -0.1) is 6.58 Å². The van der Waals surface area contributed by atoms with Crippen LogP contribution in [-0.4, -0.2) is 0 Å². The summed E-state index contributed by atoms with van der Waals surface area (Å²) in [6.45, 7) is 3.81. The van der Waals surface area contributed by atoms with Gasteiger partial charge in [-0.3, -0.25) is 0 Å². The first-order valence-corrected chi connectivity index (χ1v) is 4.99. The van der Waals surface area contributed by atoms with Gasteiger partial charge in [-0.25, -0.2) is 0 Å². The van der Waals surface area contributed by atoms with Crippen LogP contribution in [0.5, 0.6) is 0 Å². The maximum Gasteiger partial charge on any atom is 0.0210 e. The van der Waals surface area contributed by atoms with Gasteiger partial charge in [0.2, 0.25) is 0 Å². The lowest BCUT2D eigenvalue weighted by atomic mass is 10.1. The Labute approximate surface area is 81.4 Å². The smallest absolute Gasteiger partial charge is 0.0210 e. The van der Waals surface area contributed by atoms with Gasteiger partial charge in [0.1, 0.15) is 0 Å². The van der Waals surface area contributed by atoms with E-state index in [0.29, 0.717) is 5.92 Å². The highest BCUT2D eigenvalue weighted by atomic mass is 79.9. The van der Waals surface area contributed by atoms with Gasteiger partial charge in [-0.1, -0.05) is 40.2 Å². The number of hydrogen-bond acceptors (Lipinski definition) is 0. The number of rotatable bonds is 2. The summed E-state index contributed by atoms with van der Waals surface area (Å²) in [7, 11) is 0. The first-order valence-electron chi connectivity index (χ1n) is 4.20. The molecule has 0 bridgehead atoms. The molecule has 1 saturated carbocycles. The summed E-state index contributed by atoms with van der Waals surface area (Å²) in [5, 5.41) is 0. The fourth-order valence-electron chi connectivity index (χ4n) is 1.61. The second-order valence-corrected chi connectivity index (χ2v) is 4.12. The molecule has 1 aromatic rings. The molecule has 0 N–H and O–H groups in total. The first-order chi connectivity index (χ1) is 5.83. The first kappa shape index (κ1) is 8.06. The molecule has 0 radical (unpaired) electrons. The van der Waals surface area contributed by atoms with Gasteiger partial charge in [-0.05, 0) is 29.9 Å². The predicted molar refractivity (Wildman–Crippen MR) is 55.2 cm³/mol. The van der Waals surface area contributed by atoms with Gasteiger partial charge in [0.25, 0.3) is 0 Å². The molecule has 0 heterocycles. The van der Waals surface area contributed by atoms with Gasteiger partial charge in [0, 0.05) is 4.47 Å². The van der Waals surface area contributed by atoms with Crippen molar-refractivity contribution in [3.8, 4) is 0 Å². The van der Waals surface area contributed by atoms with Crippen LogP contribution in [0.1, 0.15) is 17.9 Å². The fraction of sp³-hybridized carbons (Fsp3) is 0.273. The van der Waals surface area contributed by atoms with Crippen LogP contribution in [0.15, 0.2) is 41.4 Å². The van der Waals surface area contributed by atoms with E-state index in [1.807, 2.05) is 0 Å². The molecule has 1 aromatic carbocycles. The van der Waals surface area contributed by atoms with Gasteiger partial charge < -0.3 is 0 Å². The third-order valence-electron chi connectivity index (χ3n) is 2.45. The monoisotopic (exact) mass is 222 g/mol. The zero-order chi connectivity index (χ0) is 8.55. The molecule has 0 nitrogen and oxygen atoms in total. The second-order valence-electron chi connectivity index (χ2n) is 3.26. The highest BCUT2D eigenvalue weighted by Gasteiger charge is 2.36. The summed E-state index contributed by atoms with van der Waals surface area (Å²) in [5.74, 6) is 1.43. The van der Waals surface area contributed by atoms with E-state index < -0.39 is 0 Å². The van der Waals surface area contributed by atoms with Gasteiger partial charge in [0.05, 0.1) is 0 Å². The summed E-state index contributed by atoms with van der Waals surface area (Å²) >= 11 is 3.56. The number of halogens is 1. The van der Waals surface area contributed by atoms with E-state index in [2.05, 4.69) is 52.9 Å². The van der Waals surface area contributed by atoms with Crippen LogP contribution < -0.4 is 0 Å². The van der Waals surface area contributed by atoms with Crippen LogP contribution in [0.3, 0.4) is 0 Å². The molecular formula is C11H11Br. The average molecular weight is 223 g/mol. The Balaban J connectivity index is 2.25. The highest BCUT2D eigenvalue weighted by Crippen LogP contribution is 2.49. The summed E-state index contributed by atoms with van der Waals surface area (Å²) in [6.07, 6.45) is 3.33. The quantitative estimate of drug-likeness (QED) is 0.670. The number of benzene rings is 1. The topological polar surface area (TPSA) is 0 Å². The summed E-state index contributed by atoms with van der Waals surface area (Å²) in [5.41, 5.74) is 1.43. The molecule has 1 heteroatoms. The van der Waals surface area contributed by atoms with Crippen molar-refractivity contribution < 1.29 is 0 Å². The molecule has 0 unspecified atom stereocenters. The maximum absolute atomic E-state index is 3.81. The number of hydrogen-bond donors (Lipinski definition) is 0. The molecular weight excluding hydrogens is 212 g/mol. The Morgan fingerprint density at radius 2 is 2.17 bits per heavy atom. The SMILES string of the molecule is C=C[C@H]1C[C@@H]1c1ccccc1Br. The highest BCUT2D eigenvalue weighted by molar-refractivity contribution is 9.10.